The maximum absolute atomic E-state index is 13.6. The Balaban J connectivity index is 1.82. The number of carboxylic acid groups (broad SMARTS) is 1. The van der Waals surface area contributed by atoms with Crippen molar-refractivity contribution < 1.29 is 24.3 Å². The molecule has 0 saturated carbocycles. The number of nitrogens with zero attached hydrogens (tertiary/aromatic N) is 1. The van der Waals surface area contributed by atoms with Gasteiger partial charge < -0.3 is 42.5 Å². The van der Waals surface area contributed by atoms with E-state index in [4.69, 9.17) is 11.5 Å². The monoisotopic (exact) mass is 568 g/mol. The van der Waals surface area contributed by atoms with E-state index in [2.05, 4.69) is 30.9 Å². The van der Waals surface area contributed by atoms with Gasteiger partial charge in [-0.2, -0.15) is 0 Å². The van der Waals surface area contributed by atoms with E-state index in [1.807, 2.05) is 24.3 Å². The minimum Gasteiger partial charge on any atom is -0.480 e. The number of unbranched alkanes of at least 4 members (excludes halogenated alkanes) is 1. The Kier molecular flexibility index (Phi) is 11.4. The fraction of sp³-hybridized carbons (Fsp3) is 0.464. The first-order valence-corrected chi connectivity index (χ1v) is 13.7. The van der Waals surface area contributed by atoms with Crippen LogP contribution in [0.1, 0.15) is 44.4 Å². The number of carboxylic acids is 1. The number of fused-ring (bicyclic) bond motifs is 1. The first kappa shape index (κ1) is 31.3. The maximum atomic E-state index is 13.6. The molecule has 0 aliphatic carbocycles. The zero-order valence-electron chi connectivity index (χ0n) is 23.4. The number of nitrogens with two attached hydrogens (primary N) is 2. The predicted molar refractivity (Wildman–Crippen MR) is 153 cm³/mol. The number of imidazole rings is 1. The first-order chi connectivity index (χ1) is 19.6. The second kappa shape index (κ2) is 15.0. The molecule has 41 heavy (non-hydrogen) atoms. The highest BCUT2D eigenvalue weighted by Crippen LogP contribution is 2.19. The van der Waals surface area contributed by atoms with Crippen molar-refractivity contribution in [1.82, 2.24) is 30.9 Å². The third-order valence-electron chi connectivity index (χ3n) is 6.93. The van der Waals surface area contributed by atoms with Crippen molar-refractivity contribution in [2.24, 2.45) is 17.4 Å². The van der Waals surface area contributed by atoms with Gasteiger partial charge in [0, 0.05) is 41.8 Å². The number of aliphatic carboxylic acids is 1. The van der Waals surface area contributed by atoms with Crippen molar-refractivity contribution >= 4 is 34.6 Å². The number of hydrogen-bond donors (Lipinski definition) is 8. The van der Waals surface area contributed by atoms with E-state index >= 15 is 0 Å². The molecule has 0 saturated heterocycles. The molecule has 3 rings (SSSR count). The van der Waals surface area contributed by atoms with Crippen LogP contribution in [0.2, 0.25) is 0 Å². The number of para-hydroxylation sites is 1. The van der Waals surface area contributed by atoms with Gasteiger partial charge in [0.05, 0.1) is 12.4 Å². The van der Waals surface area contributed by atoms with Crippen LogP contribution in [-0.2, 0) is 32.0 Å². The average Bonchev–Trinajstić information content (AvgIpc) is 3.61. The molecule has 0 aliphatic rings. The summed E-state index contributed by atoms with van der Waals surface area (Å²) in [5, 5.41) is 18.6. The van der Waals surface area contributed by atoms with Crippen LogP contribution in [0.3, 0.4) is 0 Å². The van der Waals surface area contributed by atoms with Crippen molar-refractivity contribution in [3.63, 3.8) is 0 Å². The summed E-state index contributed by atoms with van der Waals surface area (Å²) < 4.78 is 0. The van der Waals surface area contributed by atoms with Crippen LogP contribution in [-0.4, -0.2) is 74.5 Å². The number of carbonyl (C=O) groups excluding carboxylic acids is 3. The summed E-state index contributed by atoms with van der Waals surface area (Å²) in [6, 6.07) is 3.39. The third kappa shape index (κ3) is 8.88. The standard InChI is InChI=1S/C28H40N8O5/c1-16(2)24(30)27(39)35-22(11-17-13-32-20-8-4-3-7-19(17)20)26(38)34-21(9-5-6-10-29)25(37)36-23(28(40)41)12-18-14-31-15-33-18/h3-4,7-8,13-16,21-24,32H,5-6,9-12,29-30H2,1-2H3,(H,31,33)(H,34,38)(H,35,39)(H,36,37)(H,40,41). The number of rotatable bonds is 16. The summed E-state index contributed by atoms with van der Waals surface area (Å²) in [7, 11) is 0. The number of carbonyl (C=O) groups is 4. The van der Waals surface area contributed by atoms with Crippen LogP contribution < -0.4 is 27.4 Å². The highest BCUT2D eigenvalue weighted by molar-refractivity contribution is 5.95. The lowest BCUT2D eigenvalue weighted by atomic mass is 10.0. The quantitative estimate of drug-likeness (QED) is 0.112. The number of H-pyrrole nitrogens is 2. The molecular formula is C28H40N8O5. The molecule has 3 amide bonds. The van der Waals surface area contributed by atoms with Crippen molar-refractivity contribution in [2.45, 2.75) is 70.1 Å². The molecule has 2 heterocycles. The van der Waals surface area contributed by atoms with Crippen LogP contribution >= 0.6 is 0 Å². The summed E-state index contributed by atoms with van der Waals surface area (Å²) in [5.41, 5.74) is 13.9. The average molecular weight is 569 g/mol. The Labute approximate surface area is 238 Å². The topological polar surface area (TPSA) is 221 Å². The van der Waals surface area contributed by atoms with E-state index in [0.717, 1.165) is 16.5 Å². The fourth-order valence-corrected chi connectivity index (χ4v) is 4.42. The molecule has 0 spiro atoms. The number of amides is 3. The molecule has 0 fully saturated rings. The van der Waals surface area contributed by atoms with Crippen LogP contribution in [0, 0.1) is 5.92 Å². The van der Waals surface area contributed by atoms with Crippen LogP contribution in [0.25, 0.3) is 10.9 Å². The van der Waals surface area contributed by atoms with E-state index < -0.39 is 47.9 Å². The van der Waals surface area contributed by atoms with E-state index in [1.54, 1.807) is 20.0 Å². The minimum atomic E-state index is -1.25. The van der Waals surface area contributed by atoms with Crippen molar-refractivity contribution in [2.75, 3.05) is 6.54 Å². The Bertz CT molecular complexity index is 1310. The third-order valence-corrected chi connectivity index (χ3v) is 6.93. The summed E-state index contributed by atoms with van der Waals surface area (Å²) >= 11 is 0. The lowest BCUT2D eigenvalue weighted by Crippen LogP contribution is -2.58. The Hall–Kier alpha value is -4.23. The van der Waals surface area contributed by atoms with E-state index in [1.165, 1.54) is 12.5 Å². The number of aromatic nitrogens is 3. The molecule has 1 aromatic carbocycles. The molecule has 13 heteroatoms. The van der Waals surface area contributed by atoms with Gasteiger partial charge in [0.15, 0.2) is 0 Å². The molecule has 10 N–H and O–H groups in total. The van der Waals surface area contributed by atoms with Gasteiger partial charge in [0.2, 0.25) is 17.7 Å². The lowest BCUT2D eigenvalue weighted by Gasteiger charge is -2.26. The van der Waals surface area contributed by atoms with Gasteiger partial charge in [0.1, 0.15) is 18.1 Å². The van der Waals surface area contributed by atoms with Gasteiger partial charge in [-0.15, -0.1) is 0 Å². The van der Waals surface area contributed by atoms with Gasteiger partial charge >= 0.3 is 5.97 Å². The molecule has 4 unspecified atom stereocenters. The SMILES string of the molecule is CC(C)C(N)C(=O)NC(Cc1c[nH]c2ccccc12)C(=O)NC(CCCCN)C(=O)NC(Cc1cnc[nH]1)C(=O)O. The molecule has 4 atom stereocenters. The number of nitrogens with one attached hydrogen (secondary N) is 5. The minimum absolute atomic E-state index is 0.0170. The molecule has 222 valence electrons. The smallest absolute Gasteiger partial charge is 0.326 e. The van der Waals surface area contributed by atoms with Crippen molar-refractivity contribution in [1.29, 1.82) is 0 Å². The summed E-state index contributed by atoms with van der Waals surface area (Å²) in [4.78, 5) is 61.6. The summed E-state index contributed by atoms with van der Waals surface area (Å²) in [6.45, 7) is 4.00. The lowest BCUT2D eigenvalue weighted by molar-refractivity contribution is -0.142. The molecule has 13 nitrogen and oxygen atoms in total. The Morgan fingerprint density at radius 3 is 2.27 bits per heavy atom. The molecule has 0 radical (unpaired) electrons. The van der Waals surface area contributed by atoms with Gasteiger partial charge in [-0.3, -0.25) is 14.4 Å². The first-order valence-electron chi connectivity index (χ1n) is 13.7. The van der Waals surface area contributed by atoms with Crippen molar-refractivity contribution in [3.05, 3.63) is 54.2 Å². The van der Waals surface area contributed by atoms with Crippen LogP contribution in [0.5, 0.6) is 0 Å². The van der Waals surface area contributed by atoms with E-state index in [9.17, 15) is 24.3 Å². The van der Waals surface area contributed by atoms with Gasteiger partial charge in [0.25, 0.3) is 0 Å². The van der Waals surface area contributed by atoms with Gasteiger partial charge in [-0.1, -0.05) is 32.0 Å². The number of hydrogen-bond acceptors (Lipinski definition) is 7. The highest BCUT2D eigenvalue weighted by atomic mass is 16.4. The summed E-state index contributed by atoms with van der Waals surface area (Å²) in [6.07, 6.45) is 6.14. The van der Waals surface area contributed by atoms with Crippen LogP contribution in [0.15, 0.2) is 43.0 Å². The molecule has 2 aromatic heterocycles. The van der Waals surface area contributed by atoms with Gasteiger partial charge in [-0.25, -0.2) is 9.78 Å². The highest BCUT2D eigenvalue weighted by Gasteiger charge is 2.31. The van der Waals surface area contributed by atoms with Crippen molar-refractivity contribution in [3.8, 4) is 0 Å². The Morgan fingerprint density at radius 2 is 1.61 bits per heavy atom. The molecule has 0 aliphatic heterocycles. The maximum Gasteiger partial charge on any atom is 0.326 e. The van der Waals surface area contributed by atoms with E-state index in [0.29, 0.717) is 25.1 Å². The normalized spacial score (nSPS) is 14.3. The van der Waals surface area contributed by atoms with Crippen LogP contribution in [0.4, 0.5) is 0 Å². The largest absolute Gasteiger partial charge is 0.480 e. The fourth-order valence-electron chi connectivity index (χ4n) is 4.42. The molecular weight excluding hydrogens is 528 g/mol. The number of aromatic amines is 2. The zero-order valence-corrected chi connectivity index (χ0v) is 23.4. The Morgan fingerprint density at radius 1 is 0.927 bits per heavy atom. The number of benzene rings is 1. The molecule has 0 bridgehead atoms. The second-order valence-electron chi connectivity index (χ2n) is 10.4. The van der Waals surface area contributed by atoms with Gasteiger partial charge in [-0.05, 0) is 43.4 Å². The second-order valence-corrected chi connectivity index (χ2v) is 10.4. The summed E-state index contributed by atoms with van der Waals surface area (Å²) in [5.74, 6) is -3.13. The predicted octanol–water partition coefficient (Wildman–Crippen LogP) is 0.328. The molecule has 3 aromatic rings. The zero-order chi connectivity index (χ0) is 29.9. The van der Waals surface area contributed by atoms with E-state index in [-0.39, 0.29) is 25.2 Å².